The number of carbonyl (C=O) groups is 1. The molecule has 0 atom stereocenters. The lowest BCUT2D eigenvalue weighted by Gasteiger charge is -2.11. The molecule has 2 aromatic carbocycles. The average Bonchev–Trinajstić information content (AvgIpc) is 3.23. The number of halogens is 1. The zero-order valence-electron chi connectivity index (χ0n) is 16.9. The molecule has 0 radical (unpaired) electrons. The molecule has 0 fully saturated rings. The van der Waals surface area contributed by atoms with Crippen LogP contribution in [0, 0.1) is 5.92 Å². The maximum absolute atomic E-state index is 12.8. The second kappa shape index (κ2) is 8.81. The molecule has 0 aliphatic rings. The van der Waals surface area contributed by atoms with Crippen molar-refractivity contribution in [2.24, 2.45) is 5.92 Å². The van der Waals surface area contributed by atoms with Crippen LogP contribution in [0.5, 0.6) is 0 Å². The predicted octanol–water partition coefficient (Wildman–Crippen LogP) is 4.22. The smallest absolute Gasteiger partial charge is 0.359 e. The molecular formula is C22H19BrN4O4. The van der Waals surface area contributed by atoms with Crippen molar-refractivity contribution in [3.63, 3.8) is 0 Å². The van der Waals surface area contributed by atoms with Crippen LogP contribution in [-0.4, -0.2) is 25.9 Å². The van der Waals surface area contributed by atoms with E-state index in [0.29, 0.717) is 23.1 Å². The Morgan fingerprint density at radius 3 is 2.68 bits per heavy atom. The van der Waals surface area contributed by atoms with E-state index in [2.05, 4.69) is 31.2 Å². The number of carbonyl (C=O) groups excluding carboxylic acids is 1. The van der Waals surface area contributed by atoms with Crippen molar-refractivity contribution in [1.82, 2.24) is 19.9 Å². The molecule has 2 heterocycles. The van der Waals surface area contributed by atoms with E-state index in [1.165, 1.54) is 4.68 Å². The lowest BCUT2D eigenvalue weighted by molar-refractivity contribution is 0.0422. The maximum Gasteiger partial charge on any atom is 0.359 e. The first-order valence-electron chi connectivity index (χ1n) is 9.68. The number of benzene rings is 2. The minimum Gasteiger partial charge on any atom is -0.451 e. The number of hydrogen-bond acceptors (Lipinski definition) is 7. The molecule has 0 saturated carbocycles. The molecule has 0 bridgehead atoms. The Hall–Kier alpha value is -3.33. The highest BCUT2D eigenvalue weighted by Crippen LogP contribution is 2.21. The molecule has 4 rings (SSSR count). The van der Waals surface area contributed by atoms with E-state index in [0.717, 1.165) is 10.0 Å². The monoisotopic (exact) mass is 482 g/mol. The van der Waals surface area contributed by atoms with E-state index in [9.17, 15) is 9.59 Å². The quantitative estimate of drug-likeness (QED) is 0.379. The summed E-state index contributed by atoms with van der Waals surface area (Å²) in [4.78, 5) is 29.8. The number of aromatic nitrogens is 4. The van der Waals surface area contributed by atoms with Gasteiger partial charge in [0.1, 0.15) is 0 Å². The topological polar surface area (TPSA) is 100 Å². The number of rotatable bonds is 6. The molecule has 0 aliphatic heterocycles. The van der Waals surface area contributed by atoms with Crippen molar-refractivity contribution >= 4 is 32.7 Å². The number of nitrogens with zero attached hydrogens (tertiary/aromatic N) is 4. The molecule has 31 heavy (non-hydrogen) atoms. The van der Waals surface area contributed by atoms with Crippen molar-refractivity contribution < 1.29 is 14.1 Å². The molecule has 0 amide bonds. The fourth-order valence-corrected chi connectivity index (χ4v) is 3.51. The van der Waals surface area contributed by atoms with Gasteiger partial charge in [-0.25, -0.2) is 9.48 Å². The van der Waals surface area contributed by atoms with Crippen molar-refractivity contribution in [2.75, 3.05) is 0 Å². The Balaban J connectivity index is 1.58. The SMILES string of the molecule is CC(C)Cn1nc(C(=O)OCc2nc(-c3cccc(Br)c3)no2)c2ccccc2c1=O. The summed E-state index contributed by atoms with van der Waals surface area (Å²) in [7, 11) is 0. The lowest BCUT2D eigenvalue weighted by Crippen LogP contribution is -2.28. The molecule has 2 aromatic heterocycles. The van der Waals surface area contributed by atoms with Gasteiger partial charge in [-0.15, -0.1) is 0 Å². The molecule has 0 spiro atoms. The van der Waals surface area contributed by atoms with E-state index < -0.39 is 5.97 Å². The molecular weight excluding hydrogens is 464 g/mol. The third-order valence-electron chi connectivity index (χ3n) is 4.48. The molecule has 4 aromatic rings. The van der Waals surface area contributed by atoms with Crippen molar-refractivity contribution in [1.29, 1.82) is 0 Å². The summed E-state index contributed by atoms with van der Waals surface area (Å²) in [5, 5.41) is 9.06. The molecule has 0 saturated heterocycles. The van der Waals surface area contributed by atoms with Gasteiger partial charge in [-0.05, 0) is 24.1 Å². The summed E-state index contributed by atoms with van der Waals surface area (Å²) in [6.45, 7) is 4.13. The van der Waals surface area contributed by atoms with E-state index in [4.69, 9.17) is 9.26 Å². The lowest BCUT2D eigenvalue weighted by atomic mass is 10.1. The van der Waals surface area contributed by atoms with Crippen LogP contribution in [0.1, 0.15) is 30.2 Å². The first kappa shape index (κ1) is 20.9. The van der Waals surface area contributed by atoms with Gasteiger partial charge < -0.3 is 9.26 Å². The van der Waals surface area contributed by atoms with E-state index in [1.54, 1.807) is 24.3 Å². The van der Waals surface area contributed by atoms with Gasteiger partial charge >= 0.3 is 5.97 Å². The first-order chi connectivity index (χ1) is 14.9. The highest BCUT2D eigenvalue weighted by Gasteiger charge is 2.20. The van der Waals surface area contributed by atoms with Crippen LogP contribution >= 0.6 is 15.9 Å². The molecule has 158 valence electrons. The van der Waals surface area contributed by atoms with Gasteiger partial charge in [-0.1, -0.05) is 65.3 Å². The Morgan fingerprint density at radius 2 is 1.94 bits per heavy atom. The summed E-state index contributed by atoms with van der Waals surface area (Å²) in [6.07, 6.45) is 0. The van der Waals surface area contributed by atoms with Crippen LogP contribution in [-0.2, 0) is 17.9 Å². The normalized spacial score (nSPS) is 11.2. The van der Waals surface area contributed by atoms with Gasteiger partial charge in [-0.2, -0.15) is 10.1 Å². The highest BCUT2D eigenvalue weighted by atomic mass is 79.9. The van der Waals surface area contributed by atoms with Crippen LogP contribution < -0.4 is 5.56 Å². The van der Waals surface area contributed by atoms with Crippen LogP contribution in [0.4, 0.5) is 0 Å². The number of fused-ring (bicyclic) bond motifs is 1. The highest BCUT2D eigenvalue weighted by molar-refractivity contribution is 9.10. The van der Waals surface area contributed by atoms with Crippen LogP contribution in [0.15, 0.2) is 62.3 Å². The Labute approximate surface area is 186 Å². The summed E-state index contributed by atoms with van der Waals surface area (Å²) >= 11 is 3.40. The fourth-order valence-electron chi connectivity index (χ4n) is 3.11. The minimum absolute atomic E-state index is 0.0718. The van der Waals surface area contributed by atoms with Crippen LogP contribution in [0.3, 0.4) is 0 Å². The Morgan fingerprint density at radius 1 is 1.16 bits per heavy atom. The van der Waals surface area contributed by atoms with Gasteiger partial charge in [0.25, 0.3) is 11.4 Å². The second-order valence-corrected chi connectivity index (χ2v) is 8.29. The predicted molar refractivity (Wildman–Crippen MR) is 117 cm³/mol. The second-order valence-electron chi connectivity index (χ2n) is 7.37. The summed E-state index contributed by atoms with van der Waals surface area (Å²) in [5.41, 5.74) is 0.600. The average molecular weight is 483 g/mol. The van der Waals surface area contributed by atoms with Crippen molar-refractivity contribution in [3.05, 3.63) is 74.9 Å². The number of hydrogen-bond donors (Lipinski definition) is 0. The Kier molecular flexibility index (Phi) is 5.94. The van der Waals surface area contributed by atoms with Gasteiger partial charge in [0.05, 0.1) is 5.39 Å². The summed E-state index contributed by atoms with van der Waals surface area (Å²) in [6, 6.07) is 14.3. The minimum atomic E-state index is -0.670. The van der Waals surface area contributed by atoms with Crippen molar-refractivity contribution in [3.8, 4) is 11.4 Å². The standard InChI is InChI=1S/C22H19BrN4O4/c1-13(2)11-27-21(28)17-9-4-3-8-16(17)19(25-27)22(29)30-12-18-24-20(26-31-18)14-6-5-7-15(23)10-14/h3-10,13H,11-12H2,1-2H3. The van der Waals surface area contributed by atoms with Gasteiger partial charge in [0.2, 0.25) is 5.82 Å². The van der Waals surface area contributed by atoms with Crippen molar-refractivity contribution in [2.45, 2.75) is 27.0 Å². The van der Waals surface area contributed by atoms with Crippen LogP contribution in [0.2, 0.25) is 0 Å². The molecule has 0 aliphatic carbocycles. The fraction of sp³-hybridized carbons (Fsp3) is 0.227. The van der Waals surface area contributed by atoms with Gasteiger partial charge in [-0.3, -0.25) is 4.79 Å². The maximum atomic E-state index is 12.8. The number of ether oxygens (including phenoxy) is 1. The third-order valence-corrected chi connectivity index (χ3v) is 4.97. The molecule has 8 nitrogen and oxygen atoms in total. The van der Waals surface area contributed by atoms with Gasteiger partial charge in [0.15, 0.2) is 12.3 Å². The van der Waals surface area contributed by atoms with E-state index in [1.807, 2.05) is 38.1 Å². The van der Waals surface area contributed by atoms with E-state index in [-0.39, 0.29) is 29.7 Å². The largest absolute Gasteiger partial charge is 0.451 e. The molecule has 0 unspecified atom stereocenters. The summed E-state index contributed by atoms with van der Waals surface area (Å²) in [5.74, 6) is 0.0607. The van der Waals surface area contributed by atoms with Crippen LogP contribution in [0.25, 0.3) is 22.2 Å². The third kappa shape index (κ3) is 4.56. The summed E-state index contributed by atoms with van der Waals surface area (Å²) < 4.78 is 12.8. The zero-order chi connectivity index (χ0) is 22.0. The first-order valence-corrected chi connectivity index (χ1v) is 10.5. The van der Waals surface area contributed by atoms with Gasteiger partial charge in [0, 0.05) is 22.0 Å². The molecule has 0 N–H and O–H groups in total. The zero-order valence-corrected chi connectivity index (χ0v) is 18.5. The molecule has 9 heteroatoms. The number of esters is 1. The Bertz CT molecular complexity index is 1310. The van der Waals surface area contributed by atoms with E-state index >= 15 is 0 Å².